The smallest absolute Gasteiger partial charge is 0.405 e. The lowest BCUT2D eigenvalue weighted by atomic mass is 10.0. The van der Waals surface area contributed by atoms with E-state index >= 15 is 0 Å². The van der Waals surface area contributed by atoms with Crippen molar-refractivity contribution in [3.05, 3.63) is 81.8 Å². The van der Waals surface area contributed by atoms with Gasteiger partial charge in [0, 0.05) is 29.2 Å². The molecule has 0 unspecified atom stereocenters. The van der Waals surface area contributed by atoms with Gasteiger partial charge in [-0.05, 0) is 87.9 Å². The number of alkyl halides is 3. The number of carbonyl (C=O) groups is 1. The minimum absolute atomic E-state index is 0.0419. The summed E-state index contributed by atoms with van der Waals surface area (Å²) in [5.74, 6) is 5.98. The Bertz CT molecular complexity index is 1450. The number of nitrogens with one attached hydrogen (secondary N) is 3. The highest BCUT2D eigenvalue weighted by atomic mass is 35.5. The largest absolute Gasteiger partial charge is 0.416 e. The highest BCUT2D eigenvalue weighted by Crippen LogP contribution is 2.32. The van der Waals surface area contributed by atoms with Crippen molar-refractivity contribution >= 4 is 34.7 Å². The highest BCUT2D eigenvalue weighted by molar-refractivity contribution is 6.31. The van der Waals surface area contributed by atoms with Gasteiger partial charge in [0.2, 0.25) is 0 Å². The van der Waals surface area contributed by atoms with Crippen LogP contribution in [0.15, 0.2) is 60.1 Å². The summed E-state index contributed by atoms with van der Waals surface area (Å²) in [5, 5.41) is 14.9. The maximum Gasteiger partial charge on any atom is 0.416 e. The van der Waals surface area contributed by atoms with Gasteiger partial charge in [-0.2, -0.15) is 13.2 Å². The van der Waals surface area contributed by atoms with Crippen molar-refractivity contribution < 1.29 is 18.0 Å². The number of carbonyl (C=O) groups excluding carboxylic acids is 1. The Morgan fingerprint density at radius 1 is 1.15 bits per heavy atom. The number of hydrogen-bond donors (Lipinski definition) is 4. The number of nitrogens with two attached hydrogens (primary N) is 1. The molecule has 1 aromatic carbocycles. The number of anilines is 2. The lowest BCUT2D eigenvalue weighted by Crippen LogP contribution is -2.37. The number of piperidine rings is 1. The first-order valence-electron chi connectivity index (χ1n) is 12.7. The van der Waals surface area contributed by atoms with Crippen LogP contribution in [0.25, 0.3) is 0 Å². The van der Waals surface area contributed by atoms with Crippen molar-refractivity contribution in [1.82, 2.24) is 14.9 Å². The van der Waals surface area contributed by atoms with Gasteiger partial charge in [0.1, 0.15) is 23.7 Å². The third-order valence-electron chi connectivity index (χ3n) is 6.40. The molecule has 0 spiro atoms. The molecule has 0 amide bonds. The average molecular weight is 586 g/mol. The molecule has 3 rings (SSSR count). The van der Waals surface area contributed by atoms with Crippen molar-refractivity contribution in [3.63, 3.8) is 0 Å². The van der Waals surface area contributed by atoms with Gasteiger partial charge in [-0.15, -0.1) is 0 Å². The minimum Gasteiger partial charge on any atom is -0.405 e. The van der Waals surface area contributed by atoms with Gasteiger partial charge in [-0.1, -0.05) is 23.6 Å². The summed E-state index contributed by atoms with van der Waals surface area (Å²) < 4.78 is 39.4. The van der Waals surface area contributed by atoms with E-state index in [9.17, 15) is 18.0 Å². The molecule has 1 saturated heterocycles. The maximum absolute atomic E-state index is 13.1. The van der Waals surface area contributed by atoms with Gasteiger partial charge >= 0.3 is 6.18 Å². The minimum atomic E-state index is -4.64. The third-order valence-corrected chi connectivity index (χ3v) is 6.62. The van der Waals surface area contributed by atoms with Crippen LogP contribution in [-0.2, 0) is 6.18 Å². The molecule has 12 heteroatoms. The molecule has 0 atom stereocenters. The molecule has 0 bridgehead atoms. The fourth-order valence-electron chi connectivity index (χ4n) is 4.11. The standard InChI is InChI=1S/C29H31ClF3N7O/c1-18(4-7-25(41)20-14-21(29(31,32)33)16-22(30)15-20)19(8-11-34)5-6-24(35)26-27(36-2)37-17-38-28(26)39-23-9-12-40(3)13-10-23/h4,7-8,11,14-17,23,35H,9-10,12-13,34H2,1-3H3,(H2,36,37,38,39)/b7-4-,11-8+,19-18-,35-24?. The molecule has 216 valence electrons. The molecule has 0 saturated carbocycles. The summed E-state index contributed by atoms with van der Waals surface area (Å²) in [6, 6.07) is 2.87. The van der Waals surface area contributed by atoms with Crippen LogP contribution in [0.1, 0.15) is 41.3 Å². The number of benzene rings is 1. The molecule has 8 nitrogen and oxygen atoms in total. The third kappa shape index (κ3) is 8.67. The maximum atomic E-state index is 13.1. The van der Waals surface area contributed by atoms with E-state index in [1.165, 1.54) is 30.7 Å². The Hall–Kier alpha value is -4.14. The van der Waals surface area contributed by atoms with Crippen molar-refractivity contribution in [2.45, 2.75) is 32.0 Å². The molecule has 0 aliphatic carbocycles. The molecule has 2 heterocycles. The Kier molecular flexibility index (Phi) is 10.7. The number of ketones is 1. The van der Waals surface area contributed by atoms with Gasteiger partial charge in [0.15, 0.2) is 5.78 Å². The van der Waals surface area contributed by atoms with E-state index in [-0.39, 0.29) is 22.3 Å². The highest BCUT2D eigenvalue weighted by Gasteiger charge is 2.31. The second kappa shape index (κ2) is 14.0. The monoisotopic (exact) mass is 585 g/mol. The summed E-state index contributed by atoms with van der Waals surface area (Å²) >= 11 is 5.80. The van der Waals surface area contributed by atoms with E-state index < -0.39 is 17.5 Å². The predicted molar refractivity (Wildman–Crippen MR) is 156 cm³/mol. The average Bonchev–Trinajstić information content (AvgIpc) is 2.93. The van der Waals surface area contributed by atoms with Crippen LogP contribution in [0.5, 0.6) is 0 Å². The number of likely N-dealkylation sites (tertiary alicyclic amines) is 1. The lowest BCUT2D eigenvalue weighted by Gasteiger charge is -2.30. The topological polar surface area (TPSA) is 120 Å². The Morgan fingerprint density at radius 3 is 2.46 bits per heavy atom. The van der Waals surface area contributed by atoms with Gasteiger partial charge < -0.3 is 21.3 Å². The summed E-state index contributed by atoms with van der Waals surface area (Å²) in [5.41, 5.74) is 5.66. The zero-order chi connectivity index (χ0) is 30.2. The van der Waals surface area contributed by atoms with Gasteiger partial charge in [0.05, 0.1) is 11.1 Å². The van der Waals surface area contributed by atoms with Crippen LogP contribution in [0.2, 0.25) is 5.02 Å². The van der Waals surface area contributed by atoms with Crippen molar-refractivity contribution in [2.75, 3.05) is 37.8 Å². The molecule has 1 fully saturated rings. The second-order valence-electron chi connectivity index (χ2n) is 9.42. The van der Waals surface area contributed by atoms with Crippen LogP contribution in [0.4, 0.5) is 24.8 Å². The van der Waals surface area contributed by atoms with E-state index in [4.69, 9.17) is 22.7 Å². The summed E-state index contributed by atoms with van der Waals surface area (Å²) in [4.78, 5) is 23.5. The SMILES string of the molecule is CNc1ncnc(NC2CCN(C)CC2)c1C(=N)C#CC(/C=C/N)=C(C)/C=C\C(=O)c1cc(Cl)cc(C(F)(F)F)c1. The molecule has 41 heavy (non-hydrogen) atoms. The summed E-state index contributed by atoms with van der Waals surface area (Å²) in [6.45, 7) is 3.56. The lowest BCUT2D eigenvalue weighted by molar-refractivity contribution is -0.137. The first-order valence-corrected chi connectivity index (χ1v) is 13.1. The number of rotatable bonds is 8. The first kappa shape index (κ1) is 31.4. The van der Waals surface area contributed by atoms with Gasteiger partial charge in [-0.25, -0.2) is 9.97 Å². The quantitative estimate of drug-likeness (QED) is 0.109. The molecule has 0 radical (unpaired) electrons. The van der Waals surface area contributed by atoms with E-state index in [2.05, 4.69) is 44.4 Å². The second-order valence-corrected chi connectivity index (χ2v) is 9.86. The van der Waals surface area contributed by atoms with Crippen LogP contribution in [0, 0.1) is 17.3 Å². The molecule has 1 aliphatic heterocycles. The zero-order valence-electron chi connectivity index (χ0n) is 22.9. The Morgan fingerprint density at radius 2 is 1.83 bits per heavy atom. The first-order chi connectivity index (χ1) is 19.4. The zero-order valence-corrected chi connectivity index (χ0v) is 23.6. The van der Waals surface area contributed by atoms with Crippen molar-refractivity contribution in [1.29, 1.82) is 5.41 Å². The normalized spacial score (nSPS) is 15.4. The predicted octanol–water partition coefficient (Wildman–Crippen LogP) is 5.30. The van der Waals surface area contributed by atoms with E-state index in [1.807, 2.05) is 0 Å². The van der Waals surface area contributed by atoms with Crippen LogP contribution >= 0.6 is 11.6 Å². The fourth-order valence-corrected chi connectivity index (χ4v) is 4.35. The van der Waals surface area contributed by atoms with E-state index in [1.54, 1.807) is 14.0 Å². The molecular formula is C29H31ClF3N7O. The molecule has 1 aromatic heterocycles. The summed E-state index contributed by atoms with van der Waals surface area (Å²) in [7, 11) is 3.77. The van der Waals surface area contributed by atoms with Gasteiger partial charge in [-0.3, -0.25) is 10.2 Å². The number of allylic oxidation sites excluding steroid dienone is 5. The van der Waals surface area contributed by atoms with Crippen LogP contribution in [0.3, 0.4) is 0 Å². The molecule has 1 aliphatic rings. The molecule has 5 N–H and O–H groups in total. The van der Waals surface area contributed by atoms with E-state index in [0.717, 1.165) is 44.1 Å². The molecular weight excluding hydrogens is 555 g/mol. The van der Waals surface area contributed by atoms with E-state index in [0.29, 0.717) is 28.3 Å². The fraction of sp³-hybridized carbons (Fsp3) is 0.310. The van der Waals surface area contributed by atoms with Crippen molar-refractivity contribution in [2.24, 2.45) is 5.73 Å². The number of halogens is 4. The summed E-state index contributed by atoms with van der Waals surface area (Å²) in [6.07, 6.45) is 3.95. The van der Waals surface area contributed by atoms with Crippen LogP contribution < -0.4 is 16.4 Å². The Balaban J connectivity index is 1.88. The number of nitrogens with zero attached hydrogens (tertiary/aromatic N) is 3. The number of hydrogen-bond acceptors (Lipinski definition) is 8. The molecule has 2 aromatic rings. The Labute approximate surface area is 242 Å². The van der Waals surface area contributed by atoms with Gasteiger partial charge in [0.25, 0.3) is 0 Å². The van der Waals surface area contributed by atoms with Crippen molar-refractivity contribution in [3.8, 4) is 11.8 Å². The van der Waals surface area contributed by atoms with Crippen LogP contribution in [-0.4, -0.2) is 59.6 Å². The number of aromatic nitrogens is 2.